The summed E-state index contributed by atoms with van der Waals surface area (Å²) in [6, 6.07) is 10.2. The number of carbonyl (C=O) groups is 1. The molecule has 2 aromatic carbocycles. The van der Waals surface area contributed by atoms with E-state index in [1.807, 2.05) is 6.92 Å². The Labute approximate surface area is 190 Å². The number of aromatic nitrogens is 4. The number of fused-ring (bicyclic) bond motifs is 2. The number of para-hydroxylation sites is 1. The molecule has 0 saturated carbocycles. The molecule has 0 radical (unpaired) electrons. The second kappa shape index (κ2) is 8.89. The highest BCUT2D eigenvalue weighted by molar-refractivity contribution is 7.98. The summed E-state index contributed by atoms with van der Waals surface area (Å²) in [5.74, 6) is -0.182. The van der Waals surface area contributed by atoms with Crippen LogP contribution in [0, 0.1) is 0 Å². The Balaban J connectivity index is 1.76. The number of carbonyl (C=O) groups excluding carboxylic acids is 1. The molecule has 11 heteroatoms. The number of alkyl halides is 3. The summed E-state index contributed by atoms with van der Waals surface area (Å²) in [6.45, 7) is 2.07. The summed E-state index contributed by atoms with van der Waals surface area (Å²) < 4.78 is 42.6. The molecular weight excluding hydrogens is 455 g/mol. The molecule has 1 amide bonds. The van der Waals surface area contributed by atoms with Crippen molar-refractivity contribution in [2.45, 2.75) is 43.5 Å². The van der Waals surface area contributed by atoms with E-state index in [0.717, 1.165) is 12.1 Å². The molecule has 0 aliphatic rings. The van der Waals surface area contributed by atoms with Gasteiger partial charge in [0, 0.05) is 6.54 Å². The van der Waals surface area contributed by atoms with Gasteiger partial charge < -0.3 is 10.3 Å². The molecule has 33 heavy (non-hydrogen) atoms. The summed E-state index contributed by atoms with van der Waals surface area (Å²) in [7, 11) is 0. The first-order valence-electron chi connectivity index (χ1n) is 10.2. The Kier molecular flexibility index (Phi) is 6.15. The lowest BCUT2D eigenvalue weighted by Gasteiger charge is -2.13. The largest absolute Gasteiger partial charge is 0.416 e. The van der Waals surface area contributed by atoms with E-state index in [0.29, 0.717) is 45.9 Å². The molecule has 0 aliphatic heterocycles. The Morgan fingerprint density at radius 3 is 2.55 bits per heavy atom. The third kappa shape index (κ3) is 4.58. The molecule has 4 aromatic rings. The van der Waals surface area contributed by atoms with Crippen LogP contribution in [-0.4, -0.2) is 25.0 Å². The molecule has 4 rings (SSSR count). The number of aryl methyl sites for hydroxylation is 1. The zero-order valence-electron chi connectivity index (χ0n) is 17.6. The zero-order valence-corrected chi connectivity index (χ0v) is 18.4. The molecule has 0 spiro atoms. The van der Waals surface area contributed by atoms with Crippen molar-refractivity contribution in [3.63, 3.8) is 0 Å². The Morgan fingerprint density at radius 1 is 1.09 bits per heavy atom. The third-order valence-corrected chi connectivity index (χ3v) is 6.05. The van der Waals surface area contributed by atoms with Crippen molar-refractivity contribution in [3.05, 3.63) is 64.2 Å². The topological polar surface area (TPSA) is 95.8 Å². The van der Waals surface area contributed by atoms with Crippen molar-refractivity contribution < 1.29 is 18.0 Å². The summed E-state index contributed by atoms with van der Waals surface area (Å²) in [4.78, 5) is 33.5. The lowest BCUT2D eigenvalue weighted by molar-refractivity contribution is -0.137. The number of hydrogen-bond donors (Lipinski definition) is 1. The van der Waals surface area contributed by atoms with E-state index in [-0.39, 0.29) is 17.9 Å². The number of thioether (sulfide) groups is 1. The van der Waals surface area contributed by atoms with Gasteiger partial charge in [-0.3, -0.25) is 14.2 Å². The van der Waals surface area contributed by atoms with E-state index in [4.69, 9.17) is 5.73 Å². The van der Waals surface area contributed by atoms with Gasteiger partial charge in [-0.05, 0) is 36.8 Å². The predicted molar refractivity (Wildman–Crippen MR) is 120 cm³/mol. The number of benzene rings is 2. The quantitative estimate of drug-likeness (QED) is 0.409. The maximum absolute atomic E-state index is 13.2. The van der Waals surface area contributed by atoms with Crippen LogP contribution in [0.15, 0.2) is 52.4 Å². The Morgan fingerprint density at radius 2 is 1.85 bits per heavy atom. The number of primary amides is 1. The fourth-order valence-electron chi connectivity index (χ4n) is 3.60. The average Bonchev–Trinajstić information content (AvgIpc) is 3.11. The van der Waals surface area contributed by atoms with Gasteiger partial charge in [0.1, 0.15) is 12.4 Å². The molecule has 0 saturated heterocycles. The van der Waals surface area contributed by atoms with E-state index >= 15 is 0 Å². The highest BCUT2D eigenvalue weighted by atomic mass is 32.2. The maximum Gasteiger partial charge on any atom is 0.416 e. The number of hydrogen-bond acceptors (Lipinski definition) is 5. The monoisotopic (exact) mass is 475 g/mol. The van der Waals surface area contributed by atoms with Gasteiger partial charge in [0.2, 0.25) is 5.91 Å². The minimum atomic E-state index is -4.46. The molecule has 0 atom stereocenters. The van der Waals surface area contributed by atoms with Gasteiger partial charge in [-0.15, -0.1) is 0 Å². The van der Waals surface area contributed by atoms with Crippen molar-refractivity contribution in [1.29, 1.82) is 0 Å². The molecule has 0 unspecified atom stereocenters. The standard InChI is InChI=1S/C22H20F3N5O2S/c1-2-9-29-17-10-13(22(23,24)25)7-8-16(17)28-21(29)33-12-19-27-15-6-4-3-5-14(15)20(32)30(19)11-18(26)31/h3-8,10H,2,9,11-12H2,1H3,(H2,26,31). The van der Waals surface area contributed by atoms with Crippen LogP contribution in [0.1, 0.15) is 24.7 Å². The molecule has 2 N–H and O–H groups in total. The second-order valence-electron chi connectivity index (χ2n) is 7.44. The normalized spacial score (nSPS) is 12.0. The lowest BCUT2D eigenvalue weighted by atomic mass is 10.2. The minimum Gasteiger partial charge on any atom is -0.368 e. The summed E-state index contributed by atoms with van der Waals surface area (Å²) in [6.07, 6.45) is -3.77. The number of nitrogens with two attached hydrogens (primary N) is 1. The molecular formula is C22H20F3N5O2S. The van der Waals surface area contributed by atoms with Gasteiger partial charge in [0.25, 0.3) is 5.56 Å². The highest BCUT2D eigenvalue weighted by Crippen LogP contribution is 2.33. The molecule has 2 aromatic heterocycles. The van der Waals surface area contributed by atoms with Crippen LogP contribution in [0.2, 0.25) is 0 Å². The summed E-state index contributed by atoms with van der Waals surface area (Å²) in [5.41, 5.74) is 5.52. The van der Waals surface area contributed by atoms with E-state index in [2.05, 4.69) is 9.97 Å². The van der Waals surface area contributed by atoms with Crippen molar-refractivity contribution in [2.75, 3.05) is 0 Å². The van der Waals surface area contributed by atoms with Crippen molar-refractivity contribution >= 4 is 39.6 Å². The van der Waals surface area contributed by atoms with E-state index < -0.39 is 17.6 Å². The van der Waals surface area contributed by atoms with E-state index in [1.165, 1.54) is 22.4 Å². The Hall–Kier alpha value is -3.34. The van der Waals surface area contributed by atoms with Gasteiger partial charge in [-0.25, -0.2) is 9.97 Å². The molecule has 2 heterocycles. The molecule has 0 aliphatic carbocycles. The zero-order chi connectivity index (χ0) is 23.8. The van der Waals surface area contributed by atoms with Crippen LogP contribution in [0.5, 0.6) is 0 Å². The fraction of sp³-hybridized carbons (Fsp3) is 0.273. The third-order valence-electron chi connectivity index (χ3n) is 5.07. The number of nitrogens with zero attached hydrogens (tertiary/aromatic N) is 4. The molecule has 0 bridgehead atoms. The first kappa shape index (κ1) is 22.8. The molecule has 0 fully saturated rings. The van der Waals surface area contributed by atoms with Gasteiger partial charge >= 0.3 is 6.18 Å². The predicted octanol–water partition coefficient (Wildman–Crippen LogP) is 3.95. The smallest absolute Gasteiger partial charge is 0.368 e. The van der Waals surface area contributed by atoms with Gasteiger partial charge in [0.15, 0.2) is 5.16 Å². The van der Waals surface area contributed by atoms with E-state index in [9.17, 15) is 22.8 Å². The van der Waals surface area contributed by atoms with Crippen LogP contribution in [0.3, 0.4) is 0 Å². The fourth-order valence-corrected chi connectivity index (χ4v) is 4.59. The van der Waals surface area contributed by atoms with Crippen molar-refractivity contribution in [3.8, 4) is 0 Å². The number of rotatable bonds is 7. The first-order chi connectivity index (χ1) is 15.7. The summed E-state index contributed by atoms with van der Waals surface area (Å²) >= 11 is 1.23. The number of imidazole rings is 1. The first-order valence-corrected chi connectivity index (χ1v) is 11.1. The summed E-state index contributed by atoms with van der Waals surface area (Å²) in [5, 5.41) is 0.865. The number of halogens is 3. The van der Waals surface area contributed by atoms with Crippen LogP contribution < -0.4 is 11.3 Å². The van der Waals surface area contributed by atoms with Crippen molar-refractivity contribution in [1.82, 2.24) is 19.1 Å². The second-order valence-corrected chi connectivity index (χ2v) is 8.38. The van der Waals surface area contributed by atoms with Crippen LogP contribution in [0.25, 0.3) is 21.9 Å². The molecule has 7 nitrogen and oxygen atoms in total. The van der Waals surface area contributed by atoms with Crippen LogP contribution in [0.4, 0.5) is 13.2 Å². The van der Waals surface area contributed by atoms with Gasteiger partial charge in [0.05, 0.1) is 33.3 Å². The van der Waals surface area contributed by atoms with Crippen LogP contribution in [-0.2, 0) is 29.8 Å². The number of amides is 1. The maximum atomic E-state index is 13.2. The van der Waals surface area contributed by atoms with Crippen LogP contribution >= 0.6 is 11.8 Å². The average molecular weight is 475 g/mol. The molecule has 172 valence electrons. The lowest BCUT2D eigenvalue weighted by Crippen LogP contribution is -2.31. The van der Waals surface area contributed by atoms with E-state index in [1.54, 1.807) is 28.8 Å². The van der Waals surface area contributed by atoms with Crippen molar-refractivity contribution in [2.24, 2.45) is 5.73 Å². The van der Waals surface area contributed by atoms with Gasteiger partial charge in [-0.1, -0.05) is 30.8 Å². The SMILES string of the molecule is CCCn1c(SCc2nc3ccccc3c(=O)n2CC(N)=O)nc2ccc(C(F)(F)F)cc21. The highest BCUT2D eigenvalue weighted by Gasteiger charge is 2.31. The minimum absolute atomic E-state index is 0.173. The van der Waals surface area contributed by atoms with Gasteiger partial charge in [-0.2, -0.15) is 13.2 Å². The Bertz CT molecular complexity index is 1410.